The second-order valence-electron chi connectivity index (χ2n) is 12.7. The summed E-state index contributed by atoms with van der Waals surface area (Å²) in [6.07, 6.45) is 5.61. The number of amides is 2. The lowest BCUT2D eigenvalue weighted by Gasteiger charge is -2.36. The van der Waals surface area contributed by atoms with Crippen LogP contribution in [0.15, 0.2) is 36.4 Å². The van der Waals surface area contributed by atoms with Crippen molar-refractivity contribution < 1.29 is 9.59 Å². The van der Waals surface area contributed by atoms with E-state index in [-0.39, 0.29) is 23.9 Å². The van der Waals surface area contributed by atoms with E-state index in [9.17, 15) is 20.1 Å². The van der Waals surface area contributed by atoms with E-state index in [1.807, 2.05) is 38.1 Å². The molecular weight excluding hydrogens is 609 g/mol. The number of carbonyl (C=O) groups excluding carboxylic acids is 2. The standard InChI is InChI=1S/C38H32N4O2S2/c1-5-7-9-19(3)41-35(43)27-15-21(17-39)29-24-12-14-26-32-28(36(44)42(38(26)46)20(4)10-8-6-2)16-22(18-40)30(34(24)32)23-11-13-25(37(41)45)31(27)33(23)29/h11-16,19-20H,5-10H2,1-4H3/t19-,20-/m0/s1. The summed E-state index contributed by atoms with van der Waals surface area (Å²) in [5, 5.41) is 26.9. The van der Waals surface area contributed by atoms with Gasteiger partial charge in [0.2, 0.25) is 0 Å². The number of hydrogen-bond acceptors (Lipinski definition) is 6. The lowest BCUT2D eigenvalue weighted by molar-refractivity contribution is 0.0799. The third-order valence-corrected chi connectivity index (χ3v) is 10.8. The highest BCUT2D eigenvalue weighted by Crippen LogP contribution is 2.49. The molecule has 0 aliphatic carbocycles. The van der Waals surface area contributed by atoms with Crippen LogP contribution in [0.5, 0.6) is 0 Å². The smallest absolute Gasteiger partial charge is 0.259 e. The number of unbranched alkanes of at least 4 members (excludes halogenated alkanes) is 2. The third kappa shape index (κ3) is 3.97. The maximum atomic E-state index is 14.2. The zero-order valence-electron chi connectivity index (χ0n) is 26.3. The van der Waals surface area contributed by atoms with Crippen LogP contribution in [0.3, 0.4) is 0 Å². The summed E-state index contributed by atoms with van der Waals surface area (Å²) < 4.78 is 0. The summed E-state index contributed by atoms with van der Waals surface area (Å²) >= 11 is 12.0. The fraction of sp³-hybridized carbons (Fsp3) is 0.316. The molecule has 0 N–H and O–H groups in total. The first-order valence-electron chi connectivity index (χ1n) is 16.0. The molecular formula is C38H32N4O2S2. The Balaban J connectivity index is 1.59. The van der Waals surface area contributed by atoms with Crippen LogP contribution in [0.25, 0.3) is 43.1 Å². The molecule has 6 nitrogen and oxygen atoms in total. The molecule has 5 aromatic rings. The average molecular weight is 641 g/mol. The van der Waals surface area contributed by atoms with Gasteiger partial charge in [-0.15, -0.1) is 0 Å². The minimum Gasteiger partial charge on any atom is -0.296 e. The fourth-order valence-electron chi connectivity index (χ4n) is 7.74. The summed E-state index contributed by atoms with van der Waals surface area (Å²) in [5.74, 6) is -0.405. The van der Waals surface area contributed by atoms with E-state index in [2.05, 4.69) is 26.0 Å². The summed E-state index contributed by atoms with van der Waals surface area (Å²) in [4.78, 5) is 32.7. The lowest BCUT2D eigenvalue weighted by Crippen LogP contribution is -2.45. The van der Waals surface area contributed by atoms with Crippen LogP contribution < -0.4 is 0 Å². The summed E-state index contributed by atoms with van der Waals surface area (Å²) in [6.45, 7) is 8.28. The van der Waals surface area contributed by atoms with Gasteiger partial charge in [-0.1, -0.05) is 88.2 Å². The molecule has 2 amide bonds. The molecule has 2 aliphatic rings. The van der Waals surface area contributed by atoms with E-state index in [1.165, 1.54) is 0 Å². The molecule has 5 aromatic carbocycles. The molecule has 0 saturated heterocycles. The maximum absolute atomic E-state index is 14.2. The fourth-order valence-corrected chi connectivity index (χ4v) is 8.60. The van der Waals surface area contributed by atoms with Crippen molar-refractivity contribution in [3.8, 4) is 12.1 Å². The predicted molar refractivity (Wildman–Crippen MR) is 191 cm³/mol. The van der Waals surface area contributed by atoms with Crippen molar-refractivity contribution in [3.05, 3.63) is 69.8 Å². The molecule has 0 saturated carbocycles. The Morgan fingerprint density at radius 2 is 1.02 bits per heavy atom. The second kappa shape index (κ2) is 11.1. The van der Waals surface area contributed by atoms with Gasteiger partial charge in [0.15, 0.2) is 0 Å². The third-order valence-electron chi connectivity index (χ3n) is 9.97. The molecule has 2 aliphatic heterocycles. The molecule has 0 unspecified atom stereocenters. The molecule has 2 atom stereocenters. The van der Waals surface area contributed by atoms with Crippen LogP contribution >= 0.6 is 24.4 Å². The first kappa shape index (κ1) is 30.2. The number of hydrogen-bond donors (Lipinski definition) is 0. The van der Waals surface area contributed by atoms with Crippen LogP contribution in [0, 0.1) is 22.7 Å². The monoisotopic (exact) mass is 640 g/mol. The van der Waals surface area contributed by atoms with E-state index in [0.29, 0.717) is 53.8 Å². The Morgan fingerprint density at radius 1 is 0.630 bits per heavy atom. The zero-order chi connectivity index (χ0) is 32.6. The molecule has 2 heterocycles. The predicted octanol–water partition coefficient (Wildman–Crippen LogP) is 8.90. The van der Waals surface area contributed by atoms with Gasteiger partial charge in [-0.05, 0) is 49.6 Å². The normalized spacial score (nSPS) is 15.8. The van der Waals surface area contributed by atoms with Crippen molar-refractivity contribution in [2.24, 2.45) is 0 Å². The number of rotatable bonds is 8. The minimum atomic E-state index is -0.203. The Bertz CT molecular complexity index is 2130. The first-order chi connectivity index (χ1) is 22.2. The van der Waals surface area contributed by atoms with E-state index in [0.717, 1.165) is 71.2 Å². The maximum Gasteiger partial charge on any atom is 0.259 e. The summed E-state index contributed by atoms with van der Waals surface area (Å²) in [7, 11) is 0. The van der Waals surface area contributed by atoms with Gasteiger partial charge < -0.3 is 0 Å². The largest absolute Gasteiger partial charge is 0.296 e. The highest BCUT2D eigenvalue weighted by molar-refractivity contribution is 7.81. The molecule has 228 valence electrons. The van der Waals surface area contributed by atoms with Crippen molar-refractivity contribution in [1.82, 2.24) is 9.80 Å². The Labute approximate surface area is 278 Å². The SMILES string of the molecule is CCCC[C@H](C)N1C(=O)c2cc(C#N)c3c4ccc5c6c(cc(C#N)c(c7ccc(c2c73)C1=S)c64)C(=O)N([C@@H](C)CCCC)C5=S. The van der Waals surface area contributed by atoms with Crippen molar-refractivity contribution in [2.75, 3.05) is 0 Å². The van der Waals surface area contributed by atoms with Gasteiger partial charge in [0.05, 0.1) is 23.3 Å². The van der Waals surface area contributed by atoms with E-state index < -0.39 is 0 Å². The van der Waals surface area contributed by atoms with Crippen molar-refractivity contribution >= 4 is 89.3 Å². The number of thiocarbonyl (C=S) groups is 2. The van der Waals surface area contributed by atoms with Crippen molar-refractivity contribution in [1.29, 1.82) is 10.5 Å². The van der Waals surface area contributed by atoms with Gasteiger partial charge in [0.1, 0.15) is 9.98 Å². The molecule has 7 rings (SSSR count). The van der Waals surface area contributed by atoms with Crippen LogP contribution in [0.4, 0.5) is 0 Å². The minimum absolute atomic E-state index is 0.0892. The highest BCUT2D eigenvalue weighted by atomic mass is 32.1. The van der Waals surface area contributed by atoms with Crippen molar-refractivity contribution in [2.45, 2.75) is 78.3 Å². The topological polar surface area (TPSA) is 88.2 Å². The molecule has 0 fully saturated rings. The molecule has 0 spiro atoms. The highest BCUT2D eigenvalue weighted by Gasteiger charge is 2.38. The van der Waals surface area contributed by atoms with Crippen LogP contribution in [0.2, 0.25) is 0 Å². The quantitative estimate of drug-likeness (QED) is 0.0956. The van der Waals surface area contributed by atoms with Gasteiger partial charge in [-0.2, -0.15) is 10.5 Å². The van der Waals surface area contributed by atoms with Gasteiger partial charge in [0.25, 0.3) is 11.8 Å². The number of nitrogens with zero attached hydrogens (tertiary/aromatic N) is 4. The van der Waals surface area contributed by atoms with Crippen LogP contribution in [-0.2, 0) is 0 Å². The van der Waals surface area contributed by atoms with E-state index in [1.54, 1.807) is 21.9 Å². The van der Waals surface area contributed by atoms with Gasteiger partial charge >= 0.3 is 0 Å². The van der Waals surface area contributed by atoms with Gasteiger partial charge in [-0.25, -0.2) is 0 Å². The molecule has 0 bridgehead atoms. The van der Waals surface area contributed by atoms with E-state index >= 15 is 0 Å². The summed E-state index contributed by atoms with van der Waals surface area (Å²) in [5.41, 5.74) is 3.19. The number of carbonyl (C=O) groups is 2. The zero-order valence-corrected chi connectivity index (χ0v) is 27.9. The van der Waals surface area contributed by atoms with Crippen molar-refractivity contribution in [3.63, 3.8) is 0 Å². The molecule has 0 aromatic heterocycles. The molecule has 0 radical (unpaired) electrons. The first-order valence-corrected chi connectivity index (χ1v) is 16.9. The molecule has 46 heavy (non-hydrogen) atoms. The Hall–Kier alpha value is -4.50. The lowest BCUT2D eigenvalue weighted by atomic mass is 9.79. The number of benzene rings is 5. The average Bonchev–Trinajstić information content (AvgIpc) is 3.06. The van der Waals surface area contributed by atoms with Crippen LogP contribution in [0.1, 0.15) is 109 Å². The van der Waals surface area contributed by atoms with Gasteiger partial charge in [-0.3, -0.25) is 19.4 Å². The Kier molecular flexibility index (Phi) is 7.27. The number of nitriles is 2. The second-order valence-corrected chi connectivity index (χ2v) is 13.5. The molecule has 8 heteroatoms. The van der Waals surface area contributed by atoms with Crippen LogP contribution in [-0.4, -0.2) is 43.7 Å². The Morgan fingerprint density at radius 3 is 1.37 bits per heavy atom. The van der Waals surface area contributed by atoms with Gasteiger partial charge in [0, 0.05) is 66.7 Å². The van der Waals surface area contributed by atoms with E-state index in [4.69, 9.17) is 24.4 Å². The number of fused-ring (bicyclic) bond motifs is 2. The summed E-state index contributed by atoms with van der Waals surface area (Å²) in [6, 6.07) is 15.8.